The minimum atomic E-state index is -0.435. The summed E-state index contributed by atoms with van der Waals surface area (Å²) >= 11 is 0. The van der Waals surface area contributed by atoms with Crippen molar-refractivity contribution in [1.82, 2.24) is 0 Å². The average molecular weight is 451 g/mol. The first-order valence-electron chi connectivity index (χ1n) is 12.9. The van der Waals surface area contributed by atoms with Crippen LogP contribution in [0.2, 0.25) is 0 Å². The molecule has 4 rings (SSSR count). The zero-order valence-electron chi connectivity index (χ0n) is 21.3. The number of hydrogen-bond donors (Lipinski definition) is 0. The highest BCUT2D eigenvalue weighted by Crippen LogP contribution is 2.50. The van der Waals surface area contributed by atoms with Crippen LogP contribution in [-0.4, -0.2) is 12.4 Å². The Hall–Kier alpha value is -1.84. The minimum Gasteiger partial charge on any atom is -0.462 e. The average Bonchev–Trinajstić information content (AvgIpc) is 3.18. The maximum atomic E-state index is 6.09. The molecule has 3 unspecified atom stereocenters. The fourth-order valence-electron chi connectivity index (χ4n) is 5.99. The van der Waals surface area contributed by atoms with Gasteiger partial charge in [-0.15, -0.1) is 0 Å². The molecule has 2 aromatic rings. The van der Waals surface area contributed by atoms with Gasteiger partial charge in [-0.3, -0.25) is 0 Å². The van der Waals surface area contributed by atoms with E-state index in [1.807, 2.05) is 6.92 Å². The molecule has 0 aromatic heterocycles. The van der Waals surface area contributed by atoms with Crippen molar-refractivity contribution in [2.45, 2.75) is 97.9 Å². The molecule has 33 heavy (non-hydrogen) atoms. The number of ether oxygens (including phenoxy) is 1. The van der Waals surface area contributed by atoms with Gasteiger partial charge in [-0.2, -0.15) is 4.89 Å². The number of fused-ring (bicyclic) bond motifs is 1. The molecule has 0 radical (unpaired) electrons. The number of hydrogen-bond acceptors (Lipinski definition) is 3. The lowest BCUT2D eigenvalue weighted by molar-refractivity contribution is -0.383. The molecule has 0 saturated heterocycles. The molecule has 0 amide bonds. The van der Waals surface area contributed by atoms with Crippen LogP contribution in [0.15, 0.2) is 48.5 Å². The van der Waals surface area contributed by atoms with E-state index in [4.69, 9.17) is 14.5 Å². The van der Waals surface area contributed by atoms with Gasteiger partial charge < -0.3 is 4.74 Å². The normalized spacial score (nSPS) is 26.3. The van der Waals surface area contributed by atoms with Crippen LogP contribution in [0, 0.1) is 17.3 Å². The van der Waals surface area contributed by atoms with E-state index in [1.165, 1.54) is 16.7 Å². The van der Waals surface area contributed by atoms with Crippen molar-refractivity contribution >= 4 is 0 Å². The van der Waals surface area contributed by atoms with E-state index in [2.05, 4.69) is 83.1 Å². The van der Waals surface area contributed by atoms with Crippen LogP contribution in [-0.2, 0) is 16.2 Å². The lowest BCUT2D eigenvalue weighted by atomic mass is 9.70. The van der Waals surface area contributed by atoms with Gasteiger partial charge in [0, 0.05) is 6.92 Å². The first kappa shape index (κ1) is 24.3. The van der Waals surface area contributed by atoms with Gasteiger partial charge in [-0.25, -0.2) is 4.89 Å². The van der Waals surface area contributed by atoms with Gasteiger partial charge in [0.2, 0.25) is 6.29 Å². The van der Waals surface area contributed by atoms with Crippen molar-refractivity contribution in [1.29, 1.82) is 0 Å². The van der Waals surface area contributed by atoms with Gasteiger partial charge in [0.15, 0.2) is 0 Å². The highest BCUT2D eigenvalue weighted by atomic mass is 17.2. The third-order valence-electron chi connectivity index (χ3n) is 7.75. The summed E-state index contributed by atoms with van der Waals surface area (Å²) in [6.45, 7) is 13.7. The highest BCUT2D eigenvalue weighted by Gasteiger charge is 2.41. The Morgan fingerprint density at radius 3 is 2.21 bits per heavy atom. The Kier molecular flexibility index (Phi) is 7.50. The van der Waals surface area contributed by atoms with Crippen molar-refractivity contribution < 1.29 is 14.5 Å². The maximum Gasteiger partial charge on any atom is 0.228 e. The molecular formula is C30H42O3. The lowest BCUT2D eigenvalue weighted by Gasteiger charge is -2.34. The highest BCUT2D eigenvalue weighted by molar-refractivity contribution is 5.42. The second-order valence-electron chi connectivity index (χ2n) is 11.6. The summed E-state index contributed by atoms with van der Waals surface area (Å²) in [5.41, 5.74) is 4.66. The molecule has 1 fully saturated rings. The molecular weight excluding hydrogens is 408 g/mol. The minimum absolute atomic E-state index is 0.148. The Labute approximate surface area is 200 Å². The molecule has 0 spiro atoms. The van der Waals surface area contributed by atoms with Gasteiger partial charge in [0.05, 0.1) is 6.10 Å². The van der Waals surface area contributed by atoms with E-state index >= 15 is 0 Å². The largest absolute Gasteiger partial charge is 0.462 e. The summed E-state index contributed by atoms with van der Waals surface area (Å²) in [6.07, 6.45) is 5.17. The zero-order valence-corrected chi connectivity index (χ0v) is 21.3. The number of rotatable bonds is 7. The van der Waals surface area contributed by atoms with Crippen molar-refractivity contribution in [3.05, 3.63) is 65.2 Å². The molecule has 2 aliphatic rings. The van der Waals surface area contributed by atoms with Crippen molar-refractivity contribution in [3.8, 4) is 5.75 Å². The molecule has 1 saturated carbocycles. The summed E-state index contributed by atoms with van der Waals surface area (Å²) in [5.74, 6) is 3.41. The van der Waals surface area contributed by atoms with Crippen LogP contribution in [0.3, 0.4) is 0 Å². The Bertz CT molecular complexity index is 891. The van der Waals surface area contributed by atoms with Crippen LogP contribution in [0.1, 0.15) is 95.8 Å². The molecule has 3 heteroatoms. The summed E-state index contributed by atoms with van der Waals surface area (Å²) in [6, 6.07) is 17.4. The molecule has 0 aliphatic heterocycles. The molecule has 0 bridgehead atoms. The van der Waals surface area contributed by atoms with Crippen molar-refractivity contribution in [2.24, 2.45) is 17.3 Å². The van der Waals surface area contributed by atoms with E-state index in [-0.39, 0.29) is 6.10 Å². The van der Waals surface area contributed by atoms with E-state index in [1.54, 1.807) is 0 Å². The van der Waals surface area contributed by atoms with E-state index in [9.17, 15) is 0 Å². The maximum absolute atomic E-state index is 6.09. The molecule has 2 aromatic carbocycles. The topological polar surface area (TPSA) is 27.7 Å². The second kappa shape index (κ2) is 10.2. The van der Waals surface area contributed by atoms with Crippen LogP contribution >= 0.6 is 0 Å². The third-order valence-corrected chi connectivity index (χ3v) is 7.75. The van der Waals surface area contributed by atoms with Crippen LogP contribution in [0.5, 0.6) is 5.75 Å². The number of benzene rings is 2. The van der Waals surface area contributed by atoms with E-state index in [0.29, 0.717) is 29.1 Å². The van der Waals surface area contributed by atoms with Gasteiger partial charge >= 0.3 is 0 Å². The standard InChI is InChI=1S/C30H42O3/c1-20(2)29-27-17-16-26(18-24(27)19-28(29)30(4,5)6)31-21(3)32-33-25-14-12-23(13-15-25)22-10-8-7-9-11-22/h7-11,16-18,20-21,23,25,28-29H,12-15,19H2,1-6H3. The second-order valence-corrected chi connectivity index (χ2v) is 11.6. The zero-order chi connectivity index (χ0) is 23.6. The summed E-state index contributed by atoms with van der Waals surface area (Å²) in [5, 5.41) is 0. The SMILES string of the molecule is CC(OOC1CCC(c2ccccc2)CC1)Oc1ccc2c(c1)CC(C(C)(C)C)C2C(C)C. The van der Waals surface area contributed by atoms with E-state index in [0.717, 1.165) is 37.9 Å². The van der Waals surface area contributed by atoms with Gasteiger partial charge in [0.1, 0.15) is 5.75 Å². The first-order valence-corrected chi connectivity index (χ1v) is 12.9. The van der Waals surface area contributed by atoms with Crippen molar-refractivity contribution in [3.63, 3.8) is 0 Å². The Morgan fingerprint density at radius 1 is 0.879 bits per heavy atom. The van der Waals surface area contributed by atoms with Gasteiger partial charge in [-0.05, 0) is 90.0 Å². The molecule has 3 atom stereocenters. The third kappa shape index (κ3) is 5.81. The van der Waals surface area contributed by atoms with Crippen LogP contribution in [0.25, 0.3) is 0 Å². The monoisotopic (exact) mass is 450 g/mol. The lowest BCUT2D eigenvalue weighted by Crippen LogP contribution is -2.27. The van der Waals surface area contributed by atoms with Crippen LogP contribution in [0.4, 0.5) is 0 Å². The predicted molar refractivity (Wildman–Crippen MR) is 134 cm³/mol. The molecule has 180 valence electrons. The molecule has 0 N–H and O–H groups in total. The Balaban J connectivity index is 1.28. The molecule has 2 aliphatic carbocycles. The van der Waals surface area contributed by atoms with Gasteiger partial charge in [-0.1, -0.05) is 71.0 Å². The van der Waals surface area contributed by atoms with Gasteiger partial charge in [0.25, 0.3) is 0 Å². The van der Waals surface area contributed by atoms with Crippen molar-refractivity contribution in [2.75, 3.05) is 0 Å². The quantitative estimate of drug-likeness (QED) is 0.243. The molecule has 0 heterocycles. The van der Waals surface area contributed by atoms with E-state index < -0.39 is 6.29 Å². The van der Waals surface area contributed by atoms with Crippen LogP contribution < -0.4 is 4.74 Å². The Morgan fingerprint density at radius 2 is 1.58 bits per heavy atom. The summed E-state index contributed by atoms with van der Waals surface area (Å²) < 4.78 is 6.09. The summed E-state index contributed by atoms with van der Waals surface area (Å²) in [4.78, 5) is 11.4. The fourth-order valence-corrected chi connectivity index (χ4v) is 5.99. The fraction of sp³-hybridized carbons (Fsp3) is 0.600. The first-order chi connectivity index (χ1) is 15.7. The predicted octanol–water partition coefficient (Wildman–Crippen LogP) is 8.04. The smallest absolute Gasteiger partial charge is 0.228 e. The summed E-state index contributed by atoms with van der Waals surface area (Å²) in [7, 11) is 0. The molecule has 3 nitrogen and oxygen atoms in total.